The molecule has 134 valence electrons. The number of fused-ring (bicyclic) bond motifs is 1. The molecule has 0 saturated carbocycles. The number of rotatable bonds is 5. The van der Waals surface area contributed by atoms with Crippen molar-refractivity contribution in [3.63, 3.8) is 0 Å². The third-order valence-corrected chi connectivity index (χ3v) is 4.69. The fraction of sp³-hybridized carbons (Fsp3) is 0.111. The van der Waals surface area contributed by atoms with Gasteiger partial charge in [-0.15, -0.1) is 0 Å². The minimum atomic E-state index is -0.530. The summed E-state index contributed by atoms with van der Waals surface area (Å²) in [5.74, 6) is -1.04. The second-order valence-corrected chi connectivity index (χ2v) is 6.71. The number of nitrogens with one attached hydrogen (secondary N) is 2. The second-order valence-electron chi connectivity index (χ2n) is 5.49. The van der Waals surface area contributed by atoms with Crippen molar-refractivity contribution in [2.45, 2.75) is 6.42 Å². The van der Waals surface area contributed by atoms with Gasteiger partial charge in [0.15, 0.2) is 6.61 Å². The van der Waals surface area contributed by atoms with Crippen molar-refractivity contribution in [3.05, 3.63) is 63.2 Å². The van der Waals surface area contributed by atoms with Gasteiger partial charge in [0.1, 0.15) is 0 Å². The molecule has 5 nitrogen and oxygen atoms in total. The van der Waals surface area contributed by atoms with Gasteiger partial charge in [-0.25, -0.2) is 0 Å². The molecule has 1 aromatic heterocycles. The Kier molecular flexibility index (Phi) is 5.71. The van der Waals surface area contributed by atoms with Crippen molar-refractivity contribution in [2.75, 3.05) is 11.9 Å². The van der Waals surface area contributed by atoms with E-state index in [-0.39, 0.29) is 21.5 Å². The topological polar surface area (TPSA) is 71.2 Å². The van der Waals surface area contributed by atoms with E-state index in [1.807, 2.05) is 24.3 Å². The van der Waals surface area contributed by atoms with Gasteiger partial charge in [0.05, 0.1) is 27.2 Å². The molecular formula is C18H13Cl3N2O3. The number of carbonyl (C=O) groups excluding carboxylic acids is 2. The molecule has 0 aliphatic heterocycles. The van der Waals surface area contributed by atoms with Gasteiger partial charge in [-0.3, -0.25) is 9.59 Å². The highest BCUT2D eigenvalue weighted by Gasteiger charge is 2.13. The fourth-order valence-corrected chi connectivity index (χ4v) is 3.03. The number of esters is 1. The minimum absolute atomic E-state index is 0.0603. The zero-order valence-electron chi connectivity index (χ0n) is 13.3. The van der Waals surface area contributed by atoms with Crippen LogP contribution in [0, 0.1) is 0 Å². The lowest BCUT2D eigenvalue weighted by Crippen LogP contribution is -2.21. The van der Waals surface area contributed by atoms with Gasteiger partial charge < -0.3 is 15.0 Å². The normalized spacial score (nSPS) is 10.7. The summed E-state index contributed by atoms with van der Waals surface area (Å²) in [4.78, 5) is 27.0. The van der Waals surface area contributed by atoms with Gasteiger partial charge in [0, 0.05) is 17.1 Å². The van der Waals surface area contributed by atoms with Crippen LogP contribution in [0.3, 0.4) is 0 Å². The number of benzene rings is 2. The van der Waals surface area contributed by atoms with Crippen LogP contribution in [-0.4, -0.2) is 23.5 Å². The molecule has 0 fully saturated rings. The molecule has 2 aromatic carbocycles. The number of hydrogen-bond donors (Lipinski definition) is 2. The van der Waals surface area contributed by atoms with Gasteiger partial charge in [0.25, 0.3) is 5.91 Å². The Bertz CT molecular complexity index is 985. The van der Waals surface area contributed by atoms with Crippen LogP contribution in [0.25, 0.3) is 10.9 Å². The van der Waals surface area contributed by atoms with E-state index < -0.39 is 18.5 Å². The SMILES string of the molecule is O=C(COC(=O)Cc1c[nH]c2ccccc12)Nc1cc(Cl)c(Cl)cc1Cl. The zero-order chi connectivity index (χ0) is 18.7. The maximum absolute atomic E-state index is 12.0. The predicted molar refractivity (Wildman–Crippen MR) is 103 cm³/mol. The highest BCUT2D eigenvalue weighted by atomic mass is 35.5. The molecule has 0 bridgehead atoms. The van der Waals surface area contributed by atoms with Crippen molar-refractivity contribution in [2.24, 2.45) is 0 Å². The van der Waals surface area contributed by atoms with E-state index in [0.717, 1.165) is 16.5 Å². The van der Waals surface area contributed by atoms with Gasteiger partial charge in [-0.2, -0.15) is 0 Å². The number of para-hydroxylation sites is 1. The average molecular weight is 412 g/mol. The molecule has 0 aliphatic rings. The van der Waals surface area contributed by atoms with E-state index in [1.54, 1.807) is 6.20 Å². The number of halogens is 3. The Hall–Kier alpha value is -2.21. The lowest BCUT2D eigenvalue weighted by molar-refractivity contribution is -0.146. The zero-order valence-corrected chi connectivity index (χ0v) is 15.6. The van der Waals surface area contributed by atoms with Crippen LogP contribution < -0.4 is 5.32 Å². The molecule has 0 aliphatic carbocycles. The number of amides is 1. The molecule has 1 heterocycles. The first-order chi connectivity index (χ1) is 12.4. The third kappa shape index (κ3) is 4.30. The lowest BCUT2D eigenvalue weighted by atomic mass is 10.1. The molecule has 0 saturated heterocycles. The Morgan fingerprint density at radius 1 is 1.04 bits per heavy atom. The van der Waals surface area contributed by atoms with E-state index in [2.05, 4.69) is 10.3 Å². The number of ether oxygens (including phenoxy) is 1. The van der Waals surface area contributed by atoms with Gasteiger partial charge in [-0.1, -0.05) is 53.0 Å². The predicted octanol–water partition coefficient (Wildman–Crippen LogP) is 4.85. The molecule has 3 rings (SSSR count). The summed E-state index contributed by atoms with van der Waals surface area (Å²) in [5.41, 5.74) is 2.03. The minimum Gasteiger partial charge on any atom is -0.455 e. The molecule has 8 heteroatoms. The first kappa shape index (κ1) is 18.6. The molecule has 3 aromatic rings. The number of anilines is 1. The summed E-state index contributed by atoms with van der Waals surface area (Å²) in [6, 6.07) is 10.5. The number of aromatic amines is 1. The highest BCUT2D eigenvalue weighted by molar-refractivity contribution is 6.44. The summed E-state index contributed by atoms with van der Waals surface area (Å²) in [6.45, 7) is -0.433. The lowest BCUT2D eigenvalue weighted by Gasteiger charge is -2.09. The van der Waals surface area contributed by atoms with Crippen molar-refractivity contribution in [1.29, 1.82) is 0 Å². The van der Waals surface area contributed by atoms with Crippen LogP contribution in [0.5, 0.6) is 0 Å². The molecule has 0 spiro atoms. The quantitative estimate of drug-likeness (QED) is 0.465. The number of H-pyrrole nitrogens is 1. The fourth-order valence-electron chi connectivity index (χ4n) is 2.44. The smallest absolute Gasteiger partial charge is 0.310 e. The van der Waals surface area contributed by atoms with Gasteiger partial charge >= 0.3 is 5.97 Å². The van der Waals surface area contributed by atoms with E-state index in [4.69, 9.17) is 39.5 Å². The van der Waals surface area contributed by atoms with E-state index >= 15 is 0 Å². The first-order valence-corrected chi connectivity index (χ1v) is 8.72. The van der Waals surface area contributed by atoms with Gasteiger partial charge in [0.2, 0.25) is 0 Å². The average Bonchev–Trinajstić information content (AvgIpc) is 3.01. The standard InChI is InChI=1S/C18H13Cl3N2O3/c19-12-6-14(21)16(7-13(12)20)23-17(24)9-26-18(25)5-10-8-22-15-4-2-1-3-11(10)15/h1-4,6-8,22H,5,9H2,(H,23,24). The summed E-state index contributed by atoms with van der Waals surface area (Å²) in [5, 5.41) is 4.23. The Balaban J connectivity index is 1.56. The van der Waals surface area contributed by atoms with Crippen LogP contribution in [0.1, 0.15) is 5.56 Å². The number of carbonyl (C=O) groups is 2. The van der Waals surface area contributed by atoms with Crippen LogP contribution in [0.15, 0.2) is 42.6 Å². The monoisotopic (exact) mass is 410 g/mol. The first-order valence-electron chi connectivity index (χ1n) is 7.59. The Labute approximate surface area is 164 Å². The molecule has 26 heavy (non-hydrogen) atoms. The summed E-state index contributed by atoms with van der Waals surface area (Å²) in [6.07, 6.45) is 1.81. The molecule has 1 amide bonds. The van der Waals surface area contributed by atoms with Crippen molar-refractivity contribution >= 4 is 63.3 Å². The van der Waals surface area contributed by atoms with E-state index in [1.165, 1.54) is 12.1 Å². The Morgan fingerprint density at radius 3 is 2.58 bits per heavy atom. The molecule has 0 unspecified atom stereocenters. The molecule has 0 radical (unpaired) electrons. The van der Waals surface area contributed by atoms with Crippen molar-refractivity contribution in [3.8, 4) is 0 Å². The molecular weight excluding hydrogens is 399 g/mol. The number of hydrogen-bond acceptors (Lipinski definition) is 3. The summed E-state index contributed by atoms with van der Waals surface area (Å²) >= 11 is 17.7. The van der Waals surface area contributed by atoms with Crippen LogP contribution in [0.4, 0.5) is 5.69 Å². The second kappa shape index (κ2) is 7.99. The van der Waals surface area contributed by atoms with Crippen LogP contribution >= 0.6 is 34.8 Å². The van der Waals surface area contributed by atoms with Crippen LogP contribution in [0.2, 0.25) is 15.1 Å². The number of aromatic nitrogens is 1. The van der Waals surface area contributed by atoms with Crippen molar-refractivity contribution in [1.82, 2.24) is 4.98 Å². The Morgan fingerprint density at radius 2 is 1.77 bits per heavy atom. The largest absolute Gasteiger partial charge is 0.455 e. The maximum Gasteiger partial charge on any atom is 0.310 e. The summed E-state index contributed by atoms with van der Waals surface area (Å²) in [7, 11) is 0. The van der Waals surface area contributed by atoms with E-state index in [9.17, 15) is 9.59 Å². The van der Waals surface area contributed by atoms with Crippen molar-refractivity contribution < 1.29 is 14.3 Å². The maximum atomic E-state index is 12.0. The third-order valence-electron chi connectivity index (χ3n) is 3.66. The molecule has 0 atom stereocenters. The van der Waals surface area contributed by atoms with Crippen LogP contribution in [-0.2, 0) is 20.7 Å². The van der Waals surface area contributed by atoms with E-state index in [0.29, 0.717) is 5.69 Å². The summed E-state index contributed by atoms with van der Waals surface area (Å²) < 4.78 is 5.03. The molecule has 2 N–H and O–H groups in total. The van der Waals surface area contributed by atoms with Gasteiger partial charge in [-0.05, 0) is 23.8 Å². The highest BCUT2D eigenvalue weighted by Crippen LogP contribution is 2.32.